The van der Waals surface area contributed by atoms with Gasteiger partial charge in [-0.3, -0.25) is 14.4 Å². The van der Waals surface area contributed by atoms with Gasteiger partial charge in [-0.25, -0.2) is 0 Å². The van der Waals surface area contributed by atoms with Gasteiger partial charge in [0, 0.05) is 36.0 Å². The number of benzene rings is 1. The number of ketones is 1. The maximum absolute atomic E-state index is 12.6. The molecular formula is C19H24ClNO4. The van der Waals surface area contributed by atoms with Gasteiger partial charge in [-0.1, -0.05) is 24.4 Å². The third-order valence-electron chi connectivity index (χ3n) is 4.60. The number of hydrogen-bond acceptors (Lipinski definition) is 4. The van der Waals surface area contributed by atoms with Crippen molar-refractivity contribution in [1.82, 2.24) is 4.90 Å². The maximum Gasteiger partial charge on any atom is 0.307 e. The van der Waals surface area contributed by atoms with Crippen LogP contribution in [-0.4, -0.2) is 42.3 Å². The Kier molecular flexibility index (Phi) is 7.44. The van der Waals surface area contributed by atoms with E-state index in [0.29, 0.717) is 17.1 Å². The molecule has 1 aliphatic carbocycles. The van der Waals surface area contributed by atoms with Gasteiger partial charge in [0.05, 0.1) is 13.5 Å². The second-order valence-corrected chi connectivity index (χ2v) is 6.72. The number of Topliss-reactive ketones (excluding diaryl/α,β-unsaturated/α-hetero) is 1. The van der Waals surface area contributed by atoms with E-state index in [1.54, 1.807) is 29.2 Å². The second kappa shape index (κ2) is 9.56. The molecule has 0 aliphatic heterocycles. The first-order chi connectivity index (χ1) is 12.0. The van der Waals surface area contributed by atoms with Crippen molar-refractivity contribution in [1.29, 1.82) is 0 Å². The van der Waals surface area contributed by atoms with Gasteiger partial charge < -0.3 is 9.64 Å². The van der Waals surface area contributed by atoms with E-state index in [1.807, 2.05) is 0 Å². The van der Waals surface area contributed by atoms with E-state index in [0.717, 1.165) is 25.7 Å². The Balaban J connectivity index is 1.92. The van der Waals surface area contributed by atoms with E-state index in [2.05, 4.69) is 4.74 Å². The average molecular weight is 366 g/mol. The maximum atomic E-state index is 12.6. The normalized spacial score (nSPS) is 14.3. The Morgan fingerprint density at radius 2 is 1.72 bits per heavy atom. The summed E-state index contributed by atoms with van der Waals surface area (Å²) >= 11 is 5.82. The molecule has 1 aromatic rings. The molecule has 1 aliphatic rings. The number of carbonyl (C=O) groups is 3. The molecule has 2 rings (SSSR count). The number of halogens is 1. The molecule has 0 N–H and O–H groups in total. The zero-order valence-electron chi connectivity index (χ0n) is 14.5. The molecule has 0 radical (unpaired) electrons. The summed E-state index contributed by atoms with van der Waals surface area (Å²) in [5.41, 5.74) is 0.555. The standard InChI is InChI=1S/C19H24ClNO4/c1-25-19(24)12-13-21(16-4-2-3-5-16)18(23)11-10-17(22)14-6-8-15(20)9-7-14/h6-9,16H,2-5,10-13H2,1H3. The summed E-state index contributed by atoms with van der Waals surface area (Å²) < 4.78 is 4.67. The fourth-order valence-corrected chi connectivity index (χ4v) is 3.31. The van der Waals surface area contributed by atoms with Crippen LogP contribution in [0.25, 0.3) is 0 Å². The number of carbonyl (C=O) groups excluding carboxylic acids is 3. The number of esters is 1. The van der Waals surface area contributed by atoms with Crippen molar-refractivity contribution in [2.45, 2.75) is 51.0 Å². The first kappa shape index (κ1) is 19.4. The molecule has 25 heavy (non-hydrogen) atoms. The minimum atomic E-state index is -0.326. The summed E-state index contributed by atoms with van der Waals surface area (Å²) in [5, 5.41) is 0.572. The van der Waals surface area contributed by atoms with Crippen LogP contribution in [0.2, 0.25) is 5.02 Å². The lowest BCUT2D eigenvalue weighted by molar-refractivity contribution is -0.142. The molecule has 0 atom stereocenters. The van der Waals surface area contributed by atoms with Crippen LogP contribution in [0.15, 0.2) is 24.3 Å². The highest BCUT2D eigenvalue weighted by Crippen LogP contribution is 2.25. The van der Waals surface area contributed by atoms with Crippen LogP contribution in [0.5, 0.6) is 0 Å². The molecule has 1 fully saturated rings. The van der Waals surface area contributed by atoms with Gasteiger partial charge in [-0.05, 0) is 37.1 Å². The monoisotopic (exact) mass is 365 g/mol. The van der Waals surface area contributed by atoms with E-state index in [-0.39, 0.29) is 43.0 Å². The van der Waals surface area contributed by atoms with Gasteiger partial charge in [0.2, 0.25) is 5.91 Å². The summed E-state index contributed by atoms with van der Waals surface area (Å²) in [7, 11) is 1.34. The Hall–Kier alpha value is -1.88. The second-order valence-electron chi connectivity index (χ2n) is 6.28. The molecule has 1 saturated carbocycles. The highest BCUT2D eigenvalue weighted by Gasteiger charge is 2.27. The summed E-state index contributed by atoms with van der Waals surface area (Å²) in [6, 6.07) is 6.83. The molecule has 0 aromatic heterocycles. The van der Waals surface area contributed by atoms with Crippen molar-refractivity contribution in [3.05, 3.63) is 34.9 Å². The van der Waals surface area contributed by atoms with Gasteiger partial charge in [-0.2, -0.15) is 0 Å². The Morgan fingerprint density at radius 1 is 1.08 bits per heavy atom. The van der Waals surface area contributed by atoms with E-state index >= 15 is 0 Å². The van der Waals surface area contributed by atoms with Gasteiger partial charge in [0.15, 0.2) is 5.78 Å². The minimum Gasteiger partial charge on any atom is -0.469 e. The van der Waals surface area contributed by atoms with E-state index in [9.17, 15) is 14.4 Å². The predicted octanol–water partition coefficient (Wildman–Crippen LogP) is 3.64. The number of nitrogens with zero attached hydrogens (tertiary/aromatic N) is 1. The lowest BCUT2D eigenvalue weighted by Gasteiger charge is -2.28. The predicted molar refractivity (Wildman–Crippen MR) is 95.6 cm³/mol. The van der Waals surface area contributed by atoms with E-state index in [1.165, 1.54) is 7.11 Å². The highest BCUT2D eigenvalue weighted by molar-refractivity contribution is 6.30. The van der Waals surface area contributed by atoms with Crippen LogP contribution in [0.1, 0.15) is 55.3 Å². The molecule has 1 amide bonds. The Bertz CT molecular complexity index is 608. The molecular weight excluding hydrogens is 342 g/mol. The molecule has 0 saturated heterocycles. The molecule has 0 unspecified atom stereocenters. The van der Waals surface area contributed by atoms with Crippen molar-refractivity contribution in [2.24, 2.45) is 0 Å². The van der Waals surface area contributed by atoms with Crippen LogP contribution in [0.4, 0.5) is 0 Å². The van der Waals surface area contributed by atoms with E-state index < -0.39 is 0 Å². The van der Waals surface area contributed by atoms with Gasteiger partial charge >= 0.3 is 5.97 Å². The number of hydrogen-bond donors (Lipinski definition) is 0. The lowest BCUT2D eigenvalue weighted by Crippen LogP contribution is -2.40. The largest absolute Gasteiger partial charge is 0.469 e. The lowest BCUT2D eigenvalue weighted by atomic mass is 10.1. The third kappa shape index (κ3) is 5.85. The Morgan fingerprint density at radius 3 is 2.32 bits per heavy atom. The van der Waals surface area contributed by atoms with Crippen molar-refractivity contribution in [3.63, 3.8) is 0 Å². The van der Waals surface area contributed by atoms with Crippen molar-refractivity contribution < 1.29 is 19.1 Å². The molecule has 0 spiro atoms. The quantitative estimate of drug-likeness (QED) is 0.521. The van der Waals surface area contributed by atoms with Gasteiger partial charge in [0.25, 0.3) is 0 Å². The van der Waals surface area contributed by atoms with Crippen LogP contribution in [0, 0.1) is 0 Å². The van der Waals surface area contributed by atoms with Crippen molar-refractivity contribution in [3.8, 4) is 0 Å². The Labute approximate surface area is 153 Å². The van der Waals surface area contributed by atoms with Crippen LogP contribution >= 0.6 is 11.6 Å². The van der Waals surface area contributed by atoms with E-state index in [4.69, 9.17) is 11.6 Å². The molecule has 1 aromatic carbocycles. The fourth-order valence-electron chi connectivity index (χ4n) is 3.18. The SMILES string of the molecule is COC(=O)CCN(C(=O)CCC(=O)c1ccc(Cl)cc1)C1CCCC1. The van der Waals surface area contributed by atoms with Crippen LogP contribution < -0.4 is 0 Å². The van der Waals surface area contributed by atoms with Gasteiger partial charge in [0.1, 0.15) is 0 Å². The molecule has 5 nitrogen and oxygen atoms in total. The number of methoxy groups -OCH3 is 1. The number of ether oxygens (including phenoxy) is 1. The average Bonchev–Trinajstić information content (AvgIpc) is 3.14. The zero-order valence-corrected chi connectivity index (χ0v) is 15.3. The molecule has 6 heteroatoms. The zero-order chi connectivity index (χ0) is 18.2. The van der Waals surface area contributed by atoms with Gasteiger partial charge in [-0.15, -0.1) is 0 Å². The highest BCUT2D eigenvalue weighted by atomic mass is 35.5. The summed E-state index contributed by atoms with van der Waals surface area (Å²) in [5.74, 6) is -0.476. The summed E-state index contributed by atoms with van der Waals surface area (Å²) in [6.07, 6.45) is 4.59. The van der Waals surface area contributed by atoms with Crippen molar-refractivity contribution in [2.75, 3.05) is 13.7 Å². The van der Waals surface area contributed by atoms with Crippen molar-refractivity contribution >= 4 is 29.3 Å². The third-order valence-corrected chi connectivity index (χ3v) is 4.85. The molecule has 0 heterocycles. The number of rotatable bonds is 8. The molecule has 136 valence electrons. The first-order valence-electron chi connectivity index (χ1n) is 8.66. The number of amides is 1. The smallest absolute Gasteiger partial charge is 0.307 e. The van der Waals surface area contributed by atoms with Crippen LogP contribution in [-0.2, 0) is 14.3 Å². The summed E-state index contributed by atoms with van der Waals surface area (Å²) in [6.45, 7) is 0.352. The summed E-state index contributed by atoms with van der Waals surface area (Å²) in [4.78, 5) is 38.0. The fraction of sp³-hybridized carbons (Fsp3) is 0.526. The van der Waals surface area contributed by atoms with Crippen LogP contribution in [0.3, 0.4) is 0 Å². The molecule has 0 bridgehead atoms. The first-order valence-corrected chi connectivity index (χ1v) is 9.04. The topological polar surface area (TPSA) is 63.7 Å². The minimum absolute atomic E-state index is 0.0712.